The van der Waals surface area contributed by atoms with Gasteiger partial charge in [0, 0.05) is 0 Å². The van der Waals surface area contributed by atoms with Crippen LogP contribution in [0.25, 0.3) is 0 Å². The molecule has 0 aromatic rings. The minimum atomic E-state index is -0.890. The third-order valence-electron chi connectivity index (χ3n) is 0.950. The summed E-state index contributed by atoms with van der Waals surface area (Å²) in [7, 11) is 0. The predicted molar refractivity (Wildman–Crippen MR) is 43.4 cm³/mol. The first-order valence-electron chi connectivity index (χ1n) is 2.65. The average molecular weight is 212 g/mol. The Morgan fingerprint density at radius 2 is 2.30 bits per heavy atom. The molecule has 4 heteroatoms. The van der Waals surface area contributed by atoms with Gasteiger partial charge in [-0.3, -0.25) is 0 Å². The first kappa shape index (κ1) is 12.6. The zero-order valence-corrected chi connectivity index (χ0v) is 7.05. The van der Waals surface area contributed by atoms with Crippen molar-refractivity contribution in [3.05, 3.63) is 0 Å². The van der Waals surface area contributed by atoms with Crippen molar-refractivity contribution in [2.75, 3.05) is 0 Å². The van der Waals surface area contributed by atoms with E-state index in [0.717, 1.165) is 5.32 Å². The molecular formula is C6H15NO2Se. The molecule has 1 atom stereocenters. The summed E-state index contributed by atoms with van der Waals surface area (Å²) in [5.74, 6) is 1.18. The first-order chi connectivity index (χ1) is 4.18. The van der Waals surface area contributed by atoms with Gasteiger partial charge in [0.2, 0.25) is 0 Å². The maximum atomic E-state index is 10.1. The molecule has 1 unspecified atom stereocenters. The molecule has 0 saturated carbocycles. The van der Waals surface area contributed by atoms with Crippen molar-refractivity contribution in [1.29, 1.82) is 0 Å². The zero-order chi connectivity index (χ0) is 7.28. The molecule has 3 nitrogen and oxygen atoms in total. The van der Waals surface area contributed by atoms with E-state index in [0.29, 0.717) is 21.4 Å². The summed E-state index contributed by atoms with van der Waals surface area (Å²) in [6.07, 6.45) is 0.617. The van der Waals surface area contributed by atoms with Gasteiger partial charge in [0.25, 0.3) is 0 Å². The Bertz CT molecular complexity index is 97.7. The third-order valence-corrected chi connectivity index (χ3v) is 2.30. The summed E-state index contributed by atoms with van der Waals surface area (Å²) < 4.78 is 0. The Balaban J connectivity index is 0. The average Bonchev–Trinajstić information content (AvgIpc) is 1.82. The van der Waals surface area contributed by atoms with Crippen molar-refractivity contribution in [2.24, 2.45) is 5.73 Å². The first-order valence-corrected chi connectivity index (χ1v) is 5.58. The van der Waals surface area contributed by atoms with Crippen LogP contribution in [0.4, 0.5) is 0 Å². The second-order valence-electron chi connectivity index (χ2n) is 1.73. The Labute approximate surface area is 68.1 Å². The van der Waals surface area contributed by atoms with Crippen molar-refractivity contribution in [3.8, 4) is 0 Å². The molecule has 0 radical (unpaired) electrons. The molecule has 0 fully saturated rings. The van der Waals surface area contributed by atoms with Gasteiger partial charge in [0.15, 0.2) is 0 Å². The molecule has 0 rings (SSSR count). The van der Waals surface area contributed by atoms with Crippen LogP contribution in [0.3, 0.4) is 0 Å². The quantitative estimate of drug-likeness (QED) is 0.670. The van der Waals surface area contributed by atoms with Crippen molar-refractivity contribution in [2.45, 2.75) is 31.0 Å². The number of hydrogen-bond donors (Lipinski definition) is 2. The van der Waals surface area contributed by atoms with Gasteiger partial charge in [0.05, 0.1) is 0 Å². The second kappa shape index (κ2) is 7.06. The van der Waals surface area contributed by atoms with E-state index in [4.69, 9.17) is 10.8 Å². The number of hydrogen-bond acceptors (Lipinski definition) is 2. The van der Waals surface area contributed by atoms with Crippen LogP contribution >= 0.6 is 0 Å². The summed E-state index contributed by atoms with van der Waals surface area (Å²) >= 11 is 0.549. The molecular weight excluding hydrogens is 197 g/mol. The normalized spacial score (nSPS) is 11.8. The minimum absolute atomic E-state index is 0. The van der Waals surface area contributed by atoms with E-state index in [1.165, 1.54) is 0 Å². The van der Waals surface area contributed by atoms with Crippen molar-refractivity contribution in [1.82, 2.24) is 0 Å². The van der Waals surface area contributed by atoms with Gasteiger partial charge < -0.3 is 0 Å². The van der Waals surface area contributed by atoms with Gasteiger partial charge in [-0.2, -0.15) is 0 Å². The number of carbonyl (C=O) groups is 1. The molecule has 10 heavy (non-hydrogen) atoms. The van der Waals surface area contributed by atoms with Crippen LogP contribution in [-0.4, -0.2) is 32.1 Å². The number of nitrogens with two attached hydrogens (primary N) is 1. The third kappa shape index (κ3) is 6.08. The van der Waals surface area contributed by atoms with E-state index in [9.17, 15) is 4.79 Å². The van der Waals surface area contributed by atoms with Gasteiger partial charge in [-0.15, -0.1) is 0 Å². The van der Waals surface area contributed by atoms with Crippen LogP contribution in [0.2, 0.25) is 11.1 Å². The molecule has 62 valence electrons. The summed E-state index contributed by atoms with van der Waals surface area (Å²) in [6, 6.07) is -0.646. The van der Waals surface area contributed by atoms with Gasteiger partial charge in [-0.05, 0) is 0 Å². The topological polar surface area (TPSA) is 63.3 Å². The van der Waals surface area contributed by atoms with Crippen LogP contribution in [0, 0.1) is 0 Å². The Morgan fingerprint density at radius 3 is 2.60 bits per heavy atom. The molecule has 0 saturated heterocycles. The fourth-order valence-electron chi connectivity index (χ4n) is 0.368. The van der Waals surface area contributed by atoms with Crippen LogP contribution in [-0.2, 0) is 4.79 Å². The SMILES string of the molecule is C.C[Se]CCC(N)C(=O)O. The molecule has 0 aromatic heterocycles. The van der Waals surface area contributed by atoms with E-state index >= 15 is 0 Å². The van der Waals surface area contributed by atoms with E-state index in [-0.39, 0.29) is 7.43 Å². The second-order valence-corrected chi connectivity index (χ2v) is 3.79. The number of rotatable bonds is 4. The van der Waals surface area contributed by atoms with E-state index < -0.39 is 12.0 Å². The Morgan fingerprint density at radius 1 is 1.80 bits per heavy atom. The van der Waals surface area contributed by atoms with E-state index in [2.05, 4.69) is 5.82 Å². The molecule has 0 aromatic carbocycles. The maximum absolute atomic E-state index is 10.1. The molecule has 3 N–H and O–H groups in total. The predicted octanol–water partition coefficient (Wildman–Crippen LogP) is 0.595. The van der Waals surface area contributed by atoms with Crippen LogP contribution in [0.1, 0.15) is 13.8 Å². The molecule has 0 spiro atoms. The van der Waals surface area contributed by atoms with Gasteiger partial charge in [0.1, 0.15) is 0 Å². The van der Waals surface area contributed by atoms with E-state index in [1.807, 2.05) is 0 Å². The zero-order valence-electron chi connectivity index (χ0n) is 5.33. The van der Waals surface area contributed by atoms with Crippen LogP contribution in [0.15, 0.2) is 0 Å². The summed E-state index contributed by atoms with van der Waals surface area (Å²) in [6.45, 7) is 0. The monoisotopic (exact) mass is 213 g/mol. The van der Waals surface area contributed by atoms with E-state index in [1.54, 1.807) is 0 Å². The summed E-state index contributed by atoms with van der Waals surface area (Å²) in [5, 5.41) is 9.25. The molecule has 0 amide bonds. The Kier molecular flexibility index (Phi) is 8.90. The molecule has 0 heterocycles. The standard InChI is InChI=1S/C5H11NO2Se.CH4/c1-9-3-2-4(6)5(7)8;/h4H,2-3,6H2,1H3,(H,7,8);1H4. The van der Waals surface area contributed by atoms with Crippen molar-refractivity contribution >= 4 is 20.9 Å². The summed E-state index contributed by atoms with van der Waals surface area (Å²) in [5.41, 5.74) is 5.21. The number of carboxylic acid groups (broad SMARTS) is 1. The van der Waals surface area contributed by atoms with Crippen LogP contribution < -0.4 is 5.73 Å². The molecule has 0 aliphatic rings. The molecule has 0 aliphatic heterocycles. The molecule has 0 bridgehead atoms. The van der Waals surface area contributed by atoms with Crippen LogP contribution in [0.5, 0.6) is 0 Å². The fourth-order valence-corrected chi connectivity index (χ4v) is 1.40. The Hall–Kier alpha value is -0.0505. The van der Waals surface area contributed by atoms with Gasteiger partial charge >= 0.3 is 60.2 Å². The molecule has 0 aliphatic carbocycles. The number of carboxylic acids is 1. The van der Waals surface area contributed by atoms with Gasteiger partial charge in [-0.25, -0.2) is 0 Å². The van der Waals surface area contributed by atoms with Crippen molar-refractivity contribution < 1.29 is 9.90 Å². The van der Waals surface area contributed by atoms with Gasteiger partial charge in [-0.1, -0.05) is 7.43 Å². The fraction of sp³-hybridized carbons (Fsp3) is 0.833. The number of aliphatic carboxylic acids is 1. The van der Waals surface area contributed by atoms with Crippen molar-refractivity contribution in [3.63, 3.8) is 0 Å². The summed E-state index contributed by atoms with van der Waals surface area (Å²) in [4.78, 5) is 10.1.